The maximum atomic E-state index is 12.5. The van der Waals surface area contributed by atoms with Gasteiger partial charge in [0.15, 0.2) is 17.3 Å². The smallest absolute Gasteiger partial charge is 0.189 e. The molecule has 2 aromatic rings. The number of Topliss-reactive ketones (excluding diaryl/α,β-unsaturated/α-hetero) is 1. The fraction of sp³-hybridized carbons (Fsp3) is 0.190. The quantitative estimate of drug-likeness (QED) is 0.852. The van der Waals surface area contributed by atoms with Crippen molar-refractivity contribution >= 4 is 11.9 Å². The van der Waals surface area contributed by atoms with E-state index in [0.717, 1.165) is 28.7 Å². The van der Waals surface area contributed by atoms with Crippen LogP contribution in [0, 0.1) is 0 Å². The van der Waals surface area contributed by atoms with Gasteiger partial charge in [-0.15, -0.1) is 0 Å². The van der Waals surface area contributed by atoms with Crippen molar-refractivity contribution in [3.8, 4) is 11.5 Å². The molecule has 2 aromatic carbocycles. The fourth-order valence-electron chi connectivity index (χ4n) is 2.88. The minimum atomic E-state index is 0.112. The van der Waals surface area contributed by atoms with Crippen LogP contribution in [-0.4, -0.2) is 18.0 Å². The van der Waals surface area contributed by atoms with Crippen molar-refractivity contribution in [1.29, 1.82) is 0 Å². The highest BCUT2D eigenvalue weighted by Crippen LogP contribution is 2.28. The Kier molecular flexibility index (Phi) is 4.52. The molecule has 3 rings (SSSR count). The van der Waals surface area contributed by atoms with Gasteiger partial charge in [-0.2, -0.15) is 0 Å². The number of rotatable bonds is 4. The Morgan fingerprint density at radius 1 is 1.21 bits per heavy atom. The number of methoxy groups -OCH3 is 1. The summed E-state index contributed by atoms with van der Waals surface area (Å²) in [6, 6.07) is 11.3. The second-order valence-electron chi connectivity index (χ2n) is 5.83. The number of phenolic OH excluding ortho intramolecular Hbond substituents is 1. The predicted molar refractivity (Wildman–Crippen MR) is 95.6 cm³/mol. The van der Waals surface area contributed by atoms with Gasteiger partial charge < -0.3 is 9.84 Å². The van der Waals surface area contributed by atoms with Gasteiger partial charge in [-0.1, -0.05) is 43.4 Å². The normalized spacial score (nSPS) is 15.2. The lowest BCUT2D eigenvalue weighted by molar-refractivity contribution is 0.103. The third kappa shape index (κ3) is 3.11. The number of fused-ring (bicyclic) bond motifs is 1. The summed E-state index contributed by atoms with van der Waals surface area (Å²) >= 11 is 0. The van der Waals surface area contributed by atoms with Crippen LogP contribution < -0.4 is 4.74 Å². The minimum Gasteiger partial charge on any atom is -0.504 e. The minimum absolute atomic E-state index is 0.112. The molecule has 3 heteroatoms. The molecule has 0 saturated heterocycles. The summed E-state index contributed by atoms with van der Waals surface area (Å²) in [5.74, 6) is 0.663. The zero-order chi connectivity index (χ0) is 17.1. The van der Waals surface area contributed by atoms with E-state index in [4.69, 9.17) is 4.74 Å². The number of phenols is 1. The lowest BCUT2D eigenvalue weighted by atomic mass is 10.0. The molecule has 1 N–H and O–H groups in total. The van der Waals surface area contributed by atoms with Gasteiger partial charge in [0.1, 0.15) is 0 Å². The maximum Gasteiger partial charge on any atom is 0.189 e. The Morgan fingerprint density at radius 2 is 2.04 bits per heavy atom. The summed E-state index contributed by atoms with van der Waals surface area (Å²) in [7, 11) is 1.52. The van der Waals surface area contributed by atoms with E-state index in [0.29, 0.717) is 12.2 Å². The number of hydrogen-bond donors (Lipinski definition) is 1. The van der Waals surface area contributed by atoms with Gasteiger partial charge in [0, 0.05) is 17.6 Å². The van der Waals surface area contributed by atoms with E-state index in [1.807, 2.05) is 24.3 Å². The van der Waals surface area contributed by atoms with Crippen molar-refractivity contribution in [2.45, 2.75) is 19.8 Å². The van der Waals surface area contributed by atoms with Crippen LogP contribution in [0.1, 0.15) is 34.0 Å². The third-order valence-corrected chi connectivity index (χ3v) is 4.29. The number of ether oxygens (including phenoxy) is 1. The average Bonchev–Trinajstić information content (AvgIpc) is 2.92. The Hall–Kier alpha value is -2.81. The SMILES string of the molecule is CCc1ccc2c(c1)C(=O)/C(=C/C=C/c1ccc(O)c(OC)c1)C2. The molecule has 0 atom stereocenters. The summed E-state index contributed by atoms with van der Waals surface area (Å²) < 4.78 is 5.09. The van der Waals surface area contributed by atoms with Crippen molar-refractivity contribution in [3.63, 3.8) is 0 Å². The maximum absolute atomic E-state index is 12.5. The summed E-state index contributed by atoms with van der Waals surface area (Å²) in [5.41, 5.74) is 4.83. The lowest BCUT2D eigenvalue weighted by Crippen LogP contribution is -1.95. The molecular weight excluding hydrogens is 300 g/mol. The summed E-state index contributed by atoms with van der Waals surface area (Å²) in [6.07, 6.45) is 7.24. The Balaban J connectivity index is 1.79. The molecule has 0 bridgehead atoms. The monoisotopic (exact) mass is 320 g/mol. The number of ketones is 1. The van der Waals surface area contributed by atoms with Crippen molar-refractivity contribution in [2.75, 3.05) is 7.11 Å². The molecule has 0 heterocycles. The molecule has 0 aliphatic heterocycles. The topological polar surface area (TPSA) is 46.5 Å². The highest BCUT2D eigenvalue weighted by molar-refractivity contribution is 6.13. The second kappa shape index (κ2) is 6.75. The molecule has 0 saturated carbocycles. The predicted octanol–water partition coefficient (Wildman–Crippen LogP) is 4.34. The number of benzene rings is 2. The highest BCUT2D eigenvalue weighted by atomic mass is 16.5. The number of hydrogen-bond acceptors (Lipinski definition) is 3. The first-order chi connectivity index (χ1) is 11.6. The zero-order valence-corrected chi connectivity index (χ0v) is 13.9. The Morgan fingerprint density at radius 3 is 2.79 bits per heavy atom. The van der Waals surface area contributed by atoms with E-state index in [1.165, 1.54) is 12.7 Å². The number of allylic oxidation sites excluding steroid dienone is 3. The van der Waals surface area contributed by atoms with Crippen LogP contribution in [0.25, 0.3) is 6.08 Å². The standard InChI is InChI=1S/C21H20O3/c1-3-14-7-9-16-13-17(21(23)18(16)11-14)6-4-5-15-8-10-19(22)20(12-15)24-2/h4-12,22H,3,13H2,1-2H3/b5-4+,17-6+. The van der Waals surface area contributed by atoms with Crippen LogP contribution in [0.15, 0.2) is 54.1 Å². The first-order valence-corrected chi connectivity index (χ1v) is 8.03. The van der Waals surface area contributed by atoms with Gasteiger partial charge >= 0.3 is 0 Å². The molecule has 0 spiro atoms. The molecule has 24 heavy (non-hydrogen) atoms. The molecular formula is C21H20O3. The first kappa shape index (κ1) is 16.1. The van der Waals surface area contributed by atoms with Crippen molar-refractivity contribution in [1.82, 2.24) is 0 Å². The molecule has 0 radical (unpaired) electrons. The van der Waals surface area contributed by atoms with Crippen LogP contribution in [0.4, 0.5) is 0 Å². The first-order valence-electron chi connectivity index (χ1n) is 8.03. The number of carbonyl (C=O) groups excluding carboxylic acids is 1. The summed E-state index contributed by atoms with van der Waals surface area (Å²) in [4.78, 5) is 12.5. The lowest BCUT2D eigenvalue weighted by Gasteiger charge is -2.03. The Labute approximate surface area is 141 Å². The van der Waals surface area contributed by atoms with Crippen molar-refractivity contribution < 1.29 is 14.6 Å². The number of carbonyl (C=O) groups is 1. The molecule has 1 aliphatic rings. The molecule has 122 valence electrons. The molecule has 1 aliphatic carbocycles. The van der Waals surface area contributed by atoms with E-state index < -0.39 is 0 Å². The third-order valence-electron chi connectivity index (χ3n) is 4.29. The Bertz CT molecular complexity index is 844. The van der Waals surface area contributed by atoms with E-state index in [9.17, 15) is 9.90 Å². The van der Waals surface area contributed by atoms with E-state index in [-0.39, 0.29) is 11.5 Å². The van der Waals surface area contributed by atoms with Gasteiger partial charge in [-0.05, 0) is 41.3 Å². The van der Waals surface area contributed by atoms with Gasteiger partial charge in [-0.25, -0.2) is 0 Å². The van der Waals surface area contributed by atoms with Crippen molar-refractivity contribution in [2.24, 2.45) is 0 Å². The summed E-state index contributed by atoms with van der Waals surface area (Å²) in [5, 5.41) is 9.60. The van der Waals surface area contributed by atoms with E-state index in [2.05, 4.69) is 19.1 Å². The molecule has 0 fully saturated rings. The average molecular weight is 320 g/mol. The van der Waals surface area contributed by atoms with Crippen LogP contribution in [0.3, 0.4) is 0 Å². The van der Waals surface area contributed by atoms with Gasteiger partial charge in [0.05, 0.1) is 7.11 Å². The highest BCUT2D eigenvalue weighted by Gasteiger charge is 2.24. The van der Waals surface area contributed by atoms with E-state index in [1.54, 1.807) is 18.2 Å². The van der Waals surface area contributed by atoms with Crippen LogP contribution in [-0.2, 0) is 12.8 Å². The zero-order valence-electron chi connectivity index (χ0n) is 13.9. The summed E-state index contributed by atoms with van der Waals surface area (Å²) in [6.45, 7) is 2.09. The molecule has 3 nitrogen and oxygen atoms in total. The van der Waals surface area contributed by atoms with Crippen LogP contribution in [0.2, 0.25) is 0 Å². The number of aryl methyl sites for hydroxylation is 1. The number of aromatic hydroxyl groups is 1. The van der Waals surface area contributed by atoms with Gasteiger partial charge in [0.25, 0.3) is 0 Å². The van der Waals surface area contributed by atoms with Crippen LogP contribution in [0.5, 0.6) is 11.5 Å². The van der Waals surface area contributed by atoms with Gasteiger partial charge in [0.2, 0.25) is 0 Å². The molecule has 0 aromatic heterocycles. The van der Waals surface area contributed by atoms with Gasteiger partial charge in [-0.3, -0.25) is 4.79 Å². The molecule has 0 unspecified atom stereocenters. The largest absolute Gasteiger partial charge is 0.504 e. The fourth-order valence-corrected chi connectivity index (χ4v) is 2.88. The van der Waals surface area contributed by atoms with E-state index >= 15 is 0 Å². The second-order valence-corrected chi connectivity index (χ2v) is 5.83. The van der Waals surface area contributed by atoms with Crippen LogP contribution >= 0.6 is 0 Å². The molecule has 0 amide bonds. The van der Waals surface area contributed by atoms with Crippen molar-refractivity contribution in [3.05, 3.63) is 76.4 Å².